The van der Waals surface area contributed by atoms with Gasteiger partial charge in [0.2, 0.25) is 0 Å². The molecule has 2 N–H and O–H groups in total. The number of hydrogen-bond donors (Lipinski definition) is 2. The molecule has 0 saturated heterocycles. The molecule has 0 aliphatic carbocycles. The summed E-state index contributed by atoms with van der Waals surface area (Å²) in [5.41, 5.74) is 3.19. The lowest BCUT2D eigenvalue weighted by Gasteiger charge is -2.16. The molecule has 0 bridgehead atoms. The third-order valence-electron chi connectivity index (χ3n) is 2.93. The first-order valence-electron chi connectivity index (χ1n) is 6.49. The van der Waals surface area contributed by atoms with E-state index in [2.05, 4.69) is 30.5 Å². The summed E-state index contributed by atoms with van der Waals surface area (Å²) >= 11 is 11.2. The first-order chi connectivity index (χ1) is 9.56. The molecule has 0 heterocycles. The van der Waals surface area contributed by atoms with E-state index >= 15 is 0 Å². The van der Waals surface area contributed by atoms with E-state index in [1.807, 2.05) is 42.5 Å². The number of hydrogen-bond acceptors (Lipinski definition) is 1. The Labute approximate surface area is 130 Å². The van der Waals surface area contributed by atoms with Crippen molar-refractivity contribution in [2.24, 2.45) is 0 Å². The van der Waals surface area contributed by atoms with E-state index in [9.17, 15) is 0 Å². The smallest absolute Gasteiger partial charge is 0.175 e. The van der Waals surface area contributed by atoms with E-state index in [1.165, 1.54) is 5.56 Å². The highest BCUT2D eigenvalue weighted by Gasteiger charge is 2.07. The second-order valence-corrected chi connectivity index (χ2v) is 5.67. The molecule has 20 heavy (non-hydrogen) atoms. The summed E-state index contributed by atoms with van der Waals surface area (Å²) in [6.07, 6.45) is 0. The van der Waals surface area contributed by atoms with Crippen molar-refractivity contribution < 1.29 is 0 Å². The van der Waals surface area contributed by atoms with Crippen LogP contribution >= 0.6 is 23.8 Å². The standard InChI is InChI=1S/C16H17ClN2S/c1-11(2)14-5-3-4-6-15(14)19-16(20)18-13-9-7-12(17)8-10-13/h3-11H,1-2H3,(H2,18,19,20). The quantitative estimate of drug-likeness (QED) is 0.755. The van der Waals surface area contributed by atoms with E-state index in [-0.39, 0.29) is 0 Å². The van der Waals surface area contributed by atoms with Crippen molar-refractivity contribution in [3.63, 3.8) is 0 Å². The van der Waals surface area contributed by atoms with Gasteiger partial charge in [0.05, 0.1) is 0 Å². The van der Waals surface area contributed by atoms with Crippen LogP contribution in [0.25, 0.3) is 0 Å². The van der Waals surface area contributed by atoms with E-state index in [4.69, 9.17) is 23.8 Å². The van der Waals surface area contributed by atoms with Crippen molar-refractivity contribution in [1.29, 1.82) is 0 Å². The largest absolute Gasteiger partial charge is 0.332 e. The maximum Gasteiger partial charge on any atom is 0.175 e. The van der Waals surface area contributed by atoms with Gasteiger partial charge in [-0.15, -0.1) is 0 Å². The van der Waals surface area contributed by atoms with Gasteiger partial charge in [-0.1, -0.05) is 43.6 Å². The fourth-order valence-electron chi connectivity index (χ4n) is 1.93. The Kier molecular flexibility index (Phi) is 4.99. The zero-order chi connectivity index (χ0) is 14.5. The van der Waals surface area contributed by atoms with Gasteiger partial charge in [0.1, 0.15) is 0 Å². The average molecular weight is 305 g/mol. The van der Waals surface area contributed by atoms with Crippen molar-refractivity contribution in [1.82, 2.24) is 0 Å². The first-order valence-corrected chi connectivity index (χ1v) is 7.27. The Morgan fingerprint density at radius 2 is 1.65 bits per heavy atom. The highest BCUT2D eigenvalue weighted by Crippen LogP contribution is 2.24. The van der Waals surface area contributed by atoms with Gasteiger partial charge in [-0.05, 0) is 54.0 Å². The van der Waals surface area contributed by atoms with E-state index < -0.39 is 0 Å². The third-order valence-corrected chi connectivity index (χ3v) is 3.39. The Morgan fingerprint density at radius 1 is 1.00 bits per heavy atom. The fraction of sp³-hybridized carbons (Fsp3) is 0.188. The third kappa shape index (κ3) is 3.95. The Hall–Kier alpha value is -1.58. The molecule has 0 amide bonds. The molecule has 0 unspecified atom stereocenters. The number of halogens is 1. The van der Waals surface area contributed by atoms with Crippen LogP contribution in [0.2, 0.25) is 5.02 Å². The maximum atomic E-state index is 5.86. The van der Waals surface area contributed by atoms with Crippen LogP contribution in [0.3, 0.4) is 0 Å². The van der Waals surface area contributed by atoms with Gasteiger partial charge in [-0.3, -0.25) is 0 Å². The van der Waals surface area contributed by atoms with Crippen LogP contribution in [0.5, 0.6) is 0 Å². The SMILES string of the molecule is CC(C)c1ccccc1NC(=S)Nc1ccc(Cl)cc1. The number of thiocarbonyl (C=S) groups is 1. The molecule has 0 spiro atoms. The lowest BCUT2D eigenvalue weighted by atomic mass is 10.0. The van der Waals surface area contributed by atoms with Crippen LogP contribution in [-0.2, 0) is 0 Å². The van der Waals surface area contributed by atoms with Gasteiger partial charge in [0, 0.05) is 16.4 Å². The van der Waals surface area contributed by atoms with E-state index in [1.54, 1.807) is 0 Å². The molecule has 0 fully saturated rings. The van der Waals surface area contributed by atoms with Gasteiger partial charge >= 0.3 is 0 Å². The summed E-state index contributed by atoms with van der Waals surface area (Å²) < 4.78 is 0. The zero-order valence-corrected chi connectivity index (χ0v) is 13.1. The van der Waals surface area contributed by atoms with Gasteiger partial charge < -0.3 is 10.6 Å². The molecule has 0 aliphatic heterocycles. The molecule has 0 saturated carbocycles. The molecule has 0 radical (unpaired) electrons. The van der Waals surface area contributed by atoms with Crippen LogP contribution in [0.15, 0.2) is 48.5 Å². The Bertz CT molecular complexity index is 594. The van der Waals surface area contributed by atoms with Crippen LogP contribution in [0.4, 0.5) is 11.4 Å². The number of benzene rings is 2. The molecule has 0 atom stereocenters. The highest BCUT2D eigenvalue weighted by molar-refractivity contribution is 7.80. The fourth-order valence-corrected chi connectivity index (χ4v) is 2.29. The van der Waals surface area contributed by atoms with Gasteiger partial charge in [-0.25, -0.2) is 0 Å². The summed E-state index contributed by atoms with van der Waals surface area (Å²) in [4.78, 5) is 0. The second-order valence-electron chi connectivity index (χ2n) is 4.83. The average Bonchev–Trinajstić information content (AvgIpc) is 2.41. The Balaban J connectivity index is 2.07. The van der Waals surface area contributed by atoms with Gasteiger partial charge in [-0.2, -0.15) is 0 Å². The molecule has 2 aromatic carbocycles. The minimum Gasteiger partial charge on any atom is -0.332 e. The predicted octanol–water partition coefficient (Wildman–Crippen LogP) is 5.27. The van der Waals surface area contributed by atoms with Crippen LogP contribution in [0, 0.1) is 0 Å². The molecule has 104 valence electrons. The minimum atomic E-state index is 0.442. The van der Waals surface area contributed by atoms with Crippen molar-refractivity contribution in [3.05, 3.63) is 59.1 Å². The minimum absolute atomic E-state index is 0.442. The van der Waals surface area contributed by atoms with Crippen molar-refractivity contribution >= 4 is 40.3 Å². The summed E-state index contributed by atoms with van der Waals surface area (Å²) in [5.74, 6) is 0.442. The molecular formula is C16H17ClN2S. The number of anilines is 2. The summed E-state index contributed by atoms with van der Waals surface area (Å²) in [6.45, 7) is 4.33. The summed E-state index contributed by atoms with van der Waals surface area (Å²) in [5, 5.41) is 7.67. The summed E-state index contributed by atoms with van der Waals surface area (Å²) in [7, 11) is 0. The number of para-hydroxylation sites is 1. The van der Waals surface area contributed by atoms with Crippen molar-refractivity contribution in [2.45, 2.75) is 19.8 Å². The molecule has 4 heteroatoms. The number of nitrogens with one attached hydrogen (secondary N) is 2. The van der Waals surface area contributed by atoms with Gasteiger partial charge in [0.25, 0.3) is 0 Å². The molecule has 2 rings (SSSR count). The lowest BCUT2D eigenvalue weighted by molar-refractivity contribution is 0.869. The van der Waals surface area contributed by atoms with Crippen LogP contribution in [-0.4, -0.2) is 5.11 Å². The Morgan fingerprint density at radius 3 is 2.30 bits per heavy atom. The number of rotatable bonds is 3. The predicted molar refractivity (Wildman–Crippen MR) is 91.8 cm³/mol. The molecule has 0 aliphatic rings. The van der Waals surface area contributed by atoms with Crippen LogP contribution < -0.4 is 10.6 Å². The van der Waals surface area contributed by atoms with Gasteiger partial charge in [0.15, 0.2) is 5.11 Å². The summed E-state index contributed by atoms with van der Waals surface area (Å²) in [6, 6.07) is 15.6. The normalized spacial score (nSPS) is 10.4. The highest BCUT2D eigenvalue weighted by atomic mass is 35.5. The van der Waals surface area contributed by atoms with E-state index in [0.717, 1.165) is 11.4 Å². The van der Waals surface area contributed by atoms with E-state index in [0.29, 0.717) is 16.1 Å². The topological polar surface area (TPSA) is 24.1 Å². The second kappa shape index (κ2) is 6.73. The molecular weight excluding hydrogens is 288 g/mol. The maximum absolute atomic E-state index is 5.86. The van der Waals surface area contributed by atoms with Crippen molar-refractivity contribution in [2.75, 3.05) is 10.6 Å². The molecule has 2 aromatic rings. The zero-order valence-electron chi connectivity index (χ0n) is 11.5. The van der Waals surface area contributed by atoms with Crippen LogP contribution in [0.1, 0.15) is 25.3 Å². The van der Waals surface area contributed by atoms with Crippen molar-refractivity contribution in [3.8, 4) is 0 Å². The molecule has 0 aromatic heterocycles. The molecule has 2 nitrogen and oxygen atoms in total. The first kappa shape index (κ1) is 14.8. The lowest BCUT2D eigenvalue weighted by Crippen LogP contribution is -2.20. The monoisotopic (exact) mass is 304 g/mol.